The first-order chi connectivity index (χ1) is 10.1. The monoisotopic (exact) mass is 337 g/mol. The highest BCUT2D eigenvalue weighted by Gasteiger charge is 2.17. The fourth-order valence-electron chi connectivity index (χ4n) is 1.99. The third-order valence-electron chi connectivity index (χ3n) is 3.46. The number of hydrogen-bond acceptors (Lipinski definition) is 2. The second kappa shape index (κ2) is 5.94. The summed E-state index contributed by atoms with van der Waals surface area (Å²) in [4.78, 5) is 0.156. The zero-order chi connectivity index (χ0) is 16.5. The lowest BCUT2D eigenvalue weighted by Crippen LogP contribution is -2.14. The summed E-state index contributed by atoms with van der Waals surface area (Å²) in [5.41, 5.74) is 2.55. The van der Waals surface area contributed by atoms with Crippen molar-refractivity contribution in [3.63, 3.8) is 0 Å². The first kappa shape index (κ1) is 16.8. The molecule has 0 heterocycles. The standard InChI is InChI=1S/C17H20ClNO2S/c1-12-5-10-15(11-16(12)18)22(20,21)19-14-8-6-13(7-9-14)17(2,3)4/h5-11,19H,1-4H3. The lowest BCUT2D eigenvalue weighted by molar-refractivity contribution is 0.590. The quantitative estimate of drug-likeness (QED) is 0.878. The fourth-order valence-corrected chi connectivity index (χ4v) is 3.32. The minimum atomic E-state index is -3.64. The topological polar surface area (TPSA) is 46.2 Å². The molecule has 0 saturated heterocycles. The highest BCUT2D eigenvalue weighted by atomic mass is 35.5. The molecule has 0 amide bonds. The third kappa shape index (κ3) is 3.81. The Labute approximate surface area is 137 Å². The number of rotatable bonds is 3. The van der Waals surface area contributed by atoms with E-state index in [0.717, 1.165) is 11.1 Å². The lowest BCUT2D eigenvalue weighted by Gasteiger charge is -2.19. The maximum atomic E-state index is 12.4. The van der Waals surface area contributed by atoms with Crippen molar-refractivity contribution < 1.29 is 8.42 Å². The molecular weight excluding hydrogens is 318 g/mol. The molecule has 0 unspecified atom stereocenters. The van der Waals surface area contributed by atoms with Crippen molar-refractivity contribution in [2.24, 2.45) is 0 Å². The molecule has 3 nitrogen and oxygen atoms in total. The van der Waals surface area contributed by atoms with E-state index in [1.807, 2.05) is 19.1 Å². The number of sulfonamides is 1. The first-order valence-corrected chi connectivity index (χ1v) is 8.85. The van der Waals surface area contributed by atoms with Crippen LogP contribution in [0.5, 0.6) is 0 Å². The molecule has 0 aliphatic rings. The largest absolute Gasteiger partial charge is 0.280 e. The van der Waals surface area contributed by atoms with Crippen molar-refractivity contribution in [3.8, 4) is 0 Å². The van der Waals surface area contributed by atoms with E-state index < -0.39 is 10.0 Å². The molecule has 22 heavy (non-hydrogen) atoms. The fraction of sp³-hybridized carbons (Fsp3) is 0.294. The van der Waals surface area contributed by atoms with Crippen LogP contribution < -0.4 is 4.72 Å². The van der Waals surface area contributed by atoms with Crippen LogP contribution in [0.3, 0.4) is 0 Å². The predicted molar refractivity (Wildman–Crippen MR) is 92.1 cm³/mol. The van der Waals surface area contributed by atoms with Crippen LogP contribution in [0.25, 0.3) is 0 Å². The number of halogens is 1. The van der Waals surface area contributed by atoms with Gasteiger partial charge in [0.05, 0.1) is 4.90 Å². The van der Waals surface area contributed by atoms with Gasteiger partial charge >= 0.3 is 0 Å². The number of hydrogen-bond donors (Lipinski definition) is 1. The van der Waals surface area contributed by atoms with Crippen LogP contribution >= 0.6 is 11.6 Å². The molecule has 0 aromatic heterocycles. The number of nitrogens with one attached hydrogen (secondary N) is 1. The SMILES string of the molecule is Cc1ccc(S(=O)(=O)Nc2ccc(C(C)(C)C)cc2)cc1Cl. The summed E-state index contributed by atoms with van der Waals surface area (Å²) in [6.07, 6.45) is 0. The van der Waals surface area contributed by atoms with Gasteiger partial charge in [-0.3, -0.25) is 4.72 Å². The summed E-state index contributed by atoms with van der Waals surface area (Å²) >= 11 is 6.00. The van der Waals surface area contributed by atoms with E-state index >= 15 is 0 Å². The van der Waals surface area contributed by atoms with Gasteiger partial charge in [-0.25, -0.2) is 8.42 Å². The maximum Gasteiger partial charge on any atom is 0.261 e. The molecule has 0 bridgehead atoms. The number of anilines is 1. The van der Waals surface area contributed by atoms with Gasteiger partial charge in [-0.15, -0.1) is 0 Å². The summed E-state index contributed by atoms with van der Waals surface area (Å²) in [7, 11) is -3.64. The second-order valence-corrected chi connectivity index (χ2v) is 8.43. The Morgan fingerprint density at radius 3 is 2.09 bits per heavy atom. The van der Waals surface area contributed by atoms with E-state index in [0.29, 0.717) is 10.7 Å². The Morgan fingerprint density at radius 1 is 1.00 bits per heavy atom. The molecule has 0 saturated carbocycles. The summed E-state index contributed by atoms with van der Waals surface area (Å²) < 4.78 is 27.3. The molecule has 0 radical (unpaired) electrons. The van der Waals surface area contributed by atoms with Crippen molar-refractivity contribution in [2.75, 3.05) is 4.72 Å². The third-order valence-corrected chi connectivity index (χ3v) is 5.24. The van der Waals surface area contributed by atoms with E-state index in [9.17, 15) is 8.42 Å². The smallest absolute Gasteiger partial charge is 0.261 e. The predicted octanol–water partition coefficient (Wildman–Crippen LogP) is 4.75. The molecule has 1 N–H and O–H groups in total. The van der Waals surface area contributed by atoms with Crippen LogP contribution in [0.4, 0.5) is 5.69 Å². The molecule has 0 atom stereocenters. The van der Waals surface area contributed by atoms with Gasteiger partial charge in [0.15, 0.2) is 0 Å². The molecule has 0 aliphatic heterocycles. The number of aryl methyl sites for hydroxylation is 1. The highest BCUT2D eigenvalue weighted by Crippen LogP contribution is 2.25. The molecular formula is C17H20ClNO2S. The van der Waals surface area contributed by atoms with Crippen LogP contribution in [-0.4, -0.2) is 8.42 Å². The summed E-state index contributed by atoms with van der Waals surface area (Å²) in [6.45, 7) is 8.17. The normalized spacial score (nSPS) is 12.2. The highest BCUT2D eigenvalue weighted by molar-refractivity contribution is 7.92. The van der Waals surface area contributed by atoms with E-state index in [-0.39, 0.29) is 10.3 Å². The van der Waals surface area contributed by atoms with Crippen molar-refractivity contribution in [1.29, 1.82) is 0 Å². The first-order valence-electron chi connectivity index (χ1n) is 6.99. The van der Waals surface area contributed by atoms with Gasteiger partial charge in [0, 0.05) is 10.7 Å². The molecule has 2 aromatic rings. The van der Waals surface area contributed by atoms with Crippen LogP contribution in [0, 0.1) is 6.92 Å². The molecule has 2 aromatic carbocycles. The Hall–Kier alpha value is -1.52. The summed E-state index contributed by atoms with van der Waals surface area (Å²) in [6, 6.07) is 12.1. The van der Waals surface area contributed by atoms with Gasteiger partial charge in [0.1, 0.15) is 0 Å². The van der Waals surface area contributed by atoms with Gasteiger partial charge < -0.3 is 0 Å². The van der Waals surface area contributed by atoms with Crippen LogP contribution in [0.15, 0.2) is 47.4 Å². The lowest BCUT2D eigenvalue weighted by atomic mass is 9.87. The minimum absolute atomic E-state index is 0.0296. The molecule has 5 heteroatoms. The average molecular weight is 338 g/mol. The average Bonchev–Trinajstić information content (AvgIpc) is 2.41. The van der Waals surface area contributed by atoms with Crippen molar-refractivity contribution in [1.82, 2.24) is 0 Å². The van der Waals surface area contributed by atoms with E-state index in [1.54, 1.807) is 24.3 Å². The summed E-state index contributed by atoms with van der Waals surface area (Å²) in [5.74, 6) is 0. The molecule has 0 spiro atoms. The van der Waals surface area contributed by atoms with Gasteiger partial charge in [-0.05, 0) is 47.7 Å². The van der Waals surface area contributed by atoms with Crippen molar-refractivity contribution in [3.05, 3.63) is 58.6 Å². The van der Waals surface area contributed by atoms with Gasteiger partial charge in [0.25, 0.3) is 10.0 Å². The van der Waals surface area contributed by atoms with Crippen LogP contribution in [0.2, 0.25) is 5.02 Å². The molecule has 2 rings (SSSR count). The molecule has 0 aliphatic carbocycles. The molecule has 0 fully saturated rings. The minimum Gasteiger partial charge on any atom is -0.280 e. The van der Waals surface area contributed by atoms with Crippen LogP contribution in [0.1, 0.15) is 31.9 Å². The van der Waals surface area contributed by atoms with Gasteiger partial charge in [-0.2, -0.15) is 0 Å². The Balaban J connectivity index is 2.27. The second-order valence-electron chi connectivity index (χ2n) is 6.34. The number of benzene rings is 2. The van der Waals surface area contributed by atoms with Crippen molar-refractivity contribution in [2.45, 2.75) is 38.0 Å². The van der Waals surface area contributed by atoms with E-state index in [1.165, 1.54) is 6.07 Å². The molecule has 118 valence electrons. The van der Waals surface area contributed by atoms with E-state index in [2.05, 4.69) is 25.5 Å². The van der Waals surface area contributed by atoms with Gasteiger partial charge in [-0.1, -0.05) is 50.6 Å². The maximum absolute atomic E-state index is 12.4. The Morgan fingerprint density at radius 2 is 1.59 bits per heavy atom. The summed E-state index contributed by atoms with van der Waals surface area (Å²) in [5, 5.41) is 0.436. The van der Waals surface area contributed by atoms with Gasteiger partial charge in [0.2, 0.25) is 0 Å². The zero-order valence-corrected chi connectivity index (χ0v) is 14.7. The van der Waals surface area contributed by atoms with E-state index in [4.69, 9.17) is 11.6 Å². The Kier molecular flexibility index (Phi) is 4.54. The van der Waals surface area contributed by atoms with Crippen LogP contribution in [-0.2, 0) is 15.4 Å². The van der Waals surface area contributed by atoms with Crippen molar-refractivity contribution >= 4 is 27.3 Å². The Bertz CT molecular complexity index is 775. The zero-order valence-electron chi connectivity index (χ0n) is 13.1.